The van der Waals surface area contributed by atoms with E-state index in [9.17, 15) is 19.7 Å². The number of aromatic amines is 2. The van der Waals surface area contributed by atoms with Crippen LogP contribution in [0.3, 0.4) is 0 Å². The molecule has 8 heteroatoms. The summed E-state index contributed by atoms with van der Waals surface area (Å²) < 4.78 is 5.62. The lowest BCUT2D eigenvalue weighted by atomic mass is 10.2. The van der Waals surface area contributed by atoms with Crippen molar-refractivity contribution in [1.82, 2.24) is 9.97 Å². The lowest BCUT2D eigenvalue weighted by molar-refractivity contribution is -0.386. The molecule has 0 saturated heterocycles. The van der Waals surface area contributed by atoms with Gasteiger partial charge in [-0.1, -0.05) is 30.3 Å². The molecule has 0 unspecified atom stereocenters. The van der Waals surface area contributed by atoms with Gasteiger partial charge in [-0.2, -0.15) is 0 Å². The third-order valence-corrected chi connectivity index (χ3v) is 3.23. The number of nitrogens with one attached hydrogen (secondary N) is 2. The van der Waals surface area contributed by atoms with E-state index in [1.807, 2.05) is 35.3 Å². The summed E-state index contributed by atoms with van der Waals surface area (Å²) in [6.45, 7) is 0. The molecule has 2 aromatic heterocycles. The van der Waals surface area contributed by atoms with Crippen molar-refractivity contribution in [2.75, 3.05) is 0 Å². The van der Waals surface area contributed by atoms with Gasteiger partial charge in [-0.3, -0.25) is 19.9 Å². The largest absolute Gasteiger partial charge is 0.457 e. The van der Waals surface area contributed by atoms with Gasteiger partial charge in [0.2, 0.25) is 0 Å². The second kappa shape index (κ2) is 6.21. The van der Waals surface area contributed by atoms with Crippen molar-refractivity contribution in [3.8, 4) is 11.3 Å². The number of H-pyrrole nitrogens is 2. The summed E-state index contributed by atoms with van der Waals surface area (Å²) >= 11 is 0. The summed E-state index contributed by atoms with van der Waals surface area (Å²) in [5.41, 5.74) is -1.94. The average molecular weight is 325 g/mol. The van der Waals surface area contributed by atoms with Crippen molar-refractivity contribution < 1.29 is 9.34 Å². The Kier molecular flexibility index (Phi) is 3.94. The number of furan rings is 1. The van der Waals surface area contributed by atoms with E-state index in [-0.39, 0.29) is 5.69 Å². The molecule has 0 bridgehead atoms. The fraction of sp³-hybridized carbons (Fsp3) is 0. The molecule has 120 valence electrons. The molecular formula is C16H11N3O5. The van der Waals surface area contributed by atoms with E-state index >= 15 is 0 Å². The molecule has 0 amide bonds. The van der Waals surface area contributed by atoms with Crippen LogP contribution in [0.1, 0.15) is 11.5 Å². The molecule has 0 spiro atoms. The quantitative estimate of drug-likeness (QED) is 0.563. The molecule has 2 heterocycles. The Labute approximate surface area is 134 Å². The number of aromatic nitrogens is 2. The number of hydrogen-bond acceptors (Lipinski definition) is 5. The van der Waals surface area contributed by atoms with Crippen molar-refractivity contribution >= 4 is 17.8 Å². The summed E-state index contributed by atoms with van der Waals surface area (Å²) in [5.74, 6) is 1.05. The third kappa shape index (κ3) is 3.07. The van der Waals surface area contributed by atoms with Gasteiger partial charge in [0.1, 0.15) is 17.2 Å². The zero-order valence-electron chi connectivity index (χ0n) is 12.2. The maximum Gasteiger partial charge on any atom is 0.357 e. The Hall–Kier alpha value is -3.68. The highest BCUT2D eigenvalue weighted by molar-refractivity contribution is 5.71. The molecule has 0 aliphatic rings. The predicted octanol–water partition coefficient (Wildman–Crippen LogP) is 2.40. The summed E-state index contributed by atoms with van der Waals surface area (Å²) in [4.78, 5) is 37.0. The molecule has 2 N–H and O–H groups in total. The van der Waals surface area contributed by atoms with Crippen LogP contribution in [0.4, 0.5) is 5.69 Å². The molecule has 1 aromatic carbocycles. The van der Waals surface area contributed by atoms with Gasteiger partial charge in [-0.25, -0.2) is 4.79 Å². The van der Waals surface area contributed by atoms with Gasteiger partial charge < -0.3 is 9.40 Å². The minimum Gasteiger partial charge on any atom is -0.457 e. The predicted molar refractivity (Wildman–Crippen MR) is 87.4 cm³/mol. The Bertz CT molecular complexity index is 1030. The van der Waals surface area contributed by atoms with Crippen LogP contribution < -0.4 is 11.2 Å². The van der Waals surface area contributed by atoms with Crippen LogP contribution in [-0.4, -0.2) is 14.9 Å². The second-order valence-corrected chi connectivity index (χ2v) is 4.83. The van der Waals surface area contributed by atoms with Crippen molar-refractivity contribution in [2.45, 2.75) is 0 Å². The average Bonchev–Trinajstić information content (AvgIpc) is 3.01. The SMILES string of the molecule is O=c1[nH]c(/C=C\c2ccc(-c3ccccc3)o2)c([N+](=O)[O-])c(=O)[nH]1. The third-order valence-electron chi connectivity index (χ3n) is 3.23. The second-order valence-electron chi connectivity index (χ2n) is 4.83. The van der Waals surface area contributed by atoms with Crippen LogP contribution in [0.15, 0.2) is 56.5 Å². The maximum atomic E-state index is 11.5. The molecule has 0 radical (unpaired) electrons. The number of benzene rings is 1. The summed E-state index contributed by atoms with van der Waals surface area (Å²) in [6.07, 6.45) is 2.69. The lowest BCUT2D eigenvalue weighted by Gasteiger charge is -1.96. The Balaban J connectivity index is 1.95. The summed E-state index contributed by atoms with van der Waals surface area (Å²) in [6, 6.07) is 12.8. The number of nitrogens with zero attached hydrogens (tertiary/aromatic N) is 1. The zero-order chi connectivity index (χ0) is 17.1. The topological polar surface area (TPSA) is 122 Å². The molecule has 8 nitrogen and oxygen atoms in total. The Morgan fingerprint density at radius 1 is 1.00 bits per heavy atom. The van der Waals surface area contributed by atoms with Gasteiger partial charge in [0.15, 0.2) is 0 Å². The fourth-order valence-electron chi connectivity index (χ4n) is 2.16. The molecule has 0 saturated carbocycles. The Morgan fingerprint density at radius 2 is 1.75 bits per heavy atom. The molecule has 0 fully saturated rings. The van der Waals surface area contributed by atoms with Gasteiger partial charge in [-0.05, 0) is 24.3 Å². The molecule has 3 rings (SSSR count). The first-order valence-electron chi connectivity index (χ1n) is 6.89. The summed E-state index contributed by atoms with van der Waals surface area (Å²) in [5, 5.41) is 11.0. The van der Waals surface area contributed by atoms with Gasteiger partial charge >= 0.3 is 16.9 Å². The molecule has 3 aromatic rings. The highest BCUT2D eigenvalue weighted by Crippen LogP contribution is 2.23. The van der Waals surface area contributed by atoms with E-state index in [0.717, 1.165) is 5.56 Å². The van der Waals surface area contributed by atoms with E-state index in [0.29, 0.717) is 11.5 Å². The van der Waals surface area contributed by atoms with Crippen molar-refractivity contribution in [3.63, 3.8) is 0 Å². The van der Waals surface area contributed by atoms with Crippen LogP contribution >= 0.6 is 0 Å². The lowest BCUT2D eigenvalue weighted by Crippen LogP contribution is -2.25. The van der Waals surface area contributed by atoms with Crippen molar-refractivity contribution in [3.05, 3.63) is 84.9 Å². The van der Waals surface area contributed by atoms with Crippen LogP contribution in [0.5, 0.6) is 0 Å². The van der Waals surface area contributed by atoms with E-state index in [1.165, 1.54) is 12.2 Å². The van der Waals surface area contributed by atoms with Gasteiger partial charge in [-0.15, -0.1) is 0 Å². The van der Waals surface area contributed by atoms with E-state index in [4.69, 9.17) is 4.42 Å². The number of hydrogen-bond donors (Lipinski definition) is 2. The molecular weight excluding hydrogens is 314 g/mol. The highest BCUT2D eigenvalue weighted by Gasteiger charge is 2.18. The zero-order valence-corrected chi connectivity index (χ0v) is 12.2. The first-order valence-corrected chi connectivity index (χ1v) is 6.89. The minimum absolute atomic E-state index is 0.202. The monoisotopic (exact) mass is 325 g/mol. The van der Waals surface area contributed by atoms with E-state index in [2.05, 4.69) is 4.98 Å². The van der Waals surface area contributed by atoms with E-state index in [1.54, 1.807) is 12.1 Å². The standard InChI is InChI=1S/C16H11N3O5/c20-15-14(19(22)23)12(17-16(21)18-15)8-6-11-7-9-13(24-11)10-4-2-1-3-5-10/h1-9H,(H2,17,18,20,21)/b8-6-. The van der Waals surface area contributed by atoms with Crippen LogP contribution in [0, 0.1) is 10.1 Å². The Morgan fingerprint density at radius 3 is 2.46 bits per heavy atom. The maximum absolute atomic E-state index is 11.5. The van der Waals surface area contributed by atoms with Crippen molar-refractivity contribution in [2.24, 2.45) is 0 Å². The smallest absolute Gasteiger partial charge is 0.357 e. The first-order chi connectivity index (χ1) is 11.5. The minimum atomic E-state index is -1.06. The van der Waals surface area contributed by atoms with Crippen LogP contribution in [-0.2, 0) is 0 Å². The van der Waals surface area contributed by atoms with Gasteiger partial charge in [0.25, 0.3) is 0 Å². The van der Waals surface area contributed by atoms with Crippen molar-refractivity contribution in [1.29, 1.82) is 0 Å². The van der Waals surface area contributed by atoms with Crippen LogP contribution in [0.25, 0.3) is 23.5 Å². The fourth-order valence-corrected chi connectivity index (χ4v) is 2.16. The first kappa shape index (κ1) is 15.2. The molecule has 24 heavy (non-hydrogen) atoms. The molecule has 0 aliphatic carbocycles. The molecule has 0 atom stereocenters. The van der Waals surface area contributed by atoms with Gasteiger partial charge in [0.05, 0.1) is 4.92 Å². The van der Waals surface area contributed by atoms with Gasteiger partial charge in [0, 0.05) is 5.56 Å². The molecule has 0 aliphatic heterocycles. The van der Waals surface area contributed by atoms with E-state index < -0.39 is 21.9 Å². The normalized spacial score (nSPS) is 11.0. The summed E-state index contributed by atoms with van der Waals surface area (Å²) in [7, 11) is 0. The van der Waals surface area contributed by atoms with Crippen LogP contribution in [0.2, 0.25) is 0 Å². The number of rotatable bonds is 4. The number of nitro groups is 1. The highest BCUT2D eigenvalue weighted by atomic mass is 16.6.